The third kappa shape index (κ3) is 5.68. The third-order valence-electron chi connectivity index (χ3n) is 3.59. The summed E-state index contributed by atoms with van der Waals surface area (Å²) in [5.41, 5.74) is 1.08. The van der Waals surface area contributed by atoms with Crippen LogP contribution in [0.25, 0.3) is 11.4 Å². The largest absolute Gasteiger partial charge is 0.481 e. The van der Waals surface area contributed by atoms with Crippen molar-refractivity contribution in [3.8, 4) is 11.4 Å². The number of rotatable bonds is 8. The SMILES string of the molecule is Cc1nc(-c2cccc(C(=O)NC(CCN(C)C)CC(=O)O)c2)no1. The van der Waals surface area contributed by atoms with Crippen LogP contribution < -0.4 is 5.32 Å². The Bertz CT molecular complexity index is 742. The van der Waals surface area contributed by atoms with Gasteiger partial charge in [-0.1, -0.05) is 17.3 Å². The van der Waals surface area contributed by atoms with Crippen molar-refractivity contribution in [2.45, 2.75) is 25.8 Å². The van der Waals surface area contributed by atoms with Gasteiger partial charge in [-0.2, -0.15) is 4.98 Å². The lowest BCUT2D eigenvalue weighted by Gasteiger charge is -2.19. The van der Waals surface area contributed by atoms with Crippen LogP contribution in [0.2, 0.25) is 0 Å². The molecule has 2 N–H and O–H groups in total. The van der Waals surface area contributed by atoms with E-state index in [2.05, 4.69) is 15.5 Å². The van der Waals surface area contributed by atoms with Gasteiger partial charge in [-0.3, -0.25) is 9.59 Å². The highest BCUT2D eigenvalue weighted by Crippen LogP contribution is 2.17. The van der Waals surface area contributed by atoms with Crippen LogP contribution in [-0.2, 0) is 4.79 Å². The van der Waals surface area contributed by atoms with Crippen molar-refractivity contribution in [3.05, 3.63) is 35.7 Å². The Kier molecular flexibility index (Phi) is 6.24. The highest BCUT2D eigenvalue weighted by atomic mass is 16.5. The molecule has 8 heteroatoms. The van der Waals surface area contributed by atoms with Crippen LogP contribution >= 0.6 is 0 Å². The monoisotopic (exact) mass is 346 g/mol. The van der Waals surface area contributed by atoms with E-state index in [9.17, 15) is 9.59 Å². The number of hydrogen-bond donors (Lipinski definition) is 2. The zero-order valence-corrected chi connectivity index (χ0v) is 14.5. The molecule has 0 saturated heterocycles. The van der Waals surface area contributed by atoms with Gasteiger partial charge in [0.25, 0.3) is 5.91 Å². The van der Waals surface area contributed by atoms with Crippen molar-refractivity contribution in [1.29, 1.82) is 0 Å². The van der Waals surface area contributed by atoms with Gasteiger partial charge in [0, 0.05) is 24.1 Å². The maximum atomic E-state index is 12.5. The number of hydrogen-bond acceptors (Lipinski definition) is 6. The van der Waals surface area contributed by atoms with E-state index < -0.39 is 12.0 Å². The van der Waals surface area contributed by atoms with Gasteiger partial charge in [0.1, 0.15) is 0 Å². The molecule has 1 atom stereocenters. The summed E-state index contributed by atoms with van der Waals surface area (Å²) >= 11 is 0. The molecule has 2 rings (SSSR count). The number of aliphatic carboxylic acids is 1. The van der Waals surface area contributed by atoms with Crippen molar-refractivity contribution in [2.75, 3.05) is 20.6 Å². The molecule has 8 nitrogen and oxygen atoms in total. The molecule has 2 aromatic rings. The van der Waals surface area contributed by atoms with E-state index in [0.29, 0.717) is 35.8 Å². The number of amides is 1. The van der Waals surface area contributed by atoms with Crippen LogP contribution in [-0.4, -0.2) is 58.7 Å². The van der Waals surface area contributed by atoms with E-state index in [1.54, 1.807) is 31.2 Å². The highest BCUT2D eigenvalue weighted by Gasteiger charge is 2.18. The van der Waals surface area contributed by atoms with Crippen molar-refractivity contribution >= 4 is 11.9 Å². The number of carboxylic acid groups (broad SMARTS) is 1. The van der Waals surface area contributed by atoms with E-state index in [0.717, 1.165) is 0 Å². The Labute approximate surface area is 145 Å². The number of nitrogens with zero attached hydrogens (tertiary/aromatic N) is 3. The van der Waals surface area contributed by atoms with E-state index in [4.69, 9.17) is 9.63 Å². The van der Waals surface area contributed by atoms with E-state index in [1.807, 2.05) is 19.0 Å². The fourth-order valence-electron chi connectivity index (χ4n) is 2.33. The number of carboxylic acids is 1. The van der Waals surface area contributed by atoms with Crippen molar-refractivity contribution in [2.24, 2.45) is 0 Å². The minimum atomic E-state index is -0.944. The van der Waals surface area contributed by atoms with Crippen molar-refractivity contribution in [3.63, 3.8) is 0 Å². The first-order valence-electron chi connectivity index (χ1n) is 7.93. The van der Waals surface area contributed by atoms with Crippen LogP contribution in [0.5, 0.6) is 0 Å². The molecule has 0 aliphatic carbocycles. The lowest BCUT2D eigenvalue weighted by atomic mass is 10.1. The zero-order valence-electron chi connectivity index (χ0n) is 14.5. The molecule has 134 valence electrons. The lowest BCUT2D eigenvalue weighted by Crippen LogP contribution is -2.38. The first-order chi connectivity index (χ1) is 11.8. The van der Waals surface area contributed by atoms with Gasteiger partial charge in [0.05, 0.1) is 6.42 Å². The molecule has 1 aromatic heterocycles. The Balaban J connectivity index is 2.11. The average Bonchev–Trinajstić information content (AvgIpc) is 2.98. The summed E-state index contributed by atoms with van der Waals surface area (Å²) in [6.45, 7) is 2.37. The smallest absolute Gasteiger partial charge is 0.305 e. The Hall–Kier alpha value is -2.74. The van der Waals surface area contributed by atoms with E-state index in [1.165, 1.54) is 0 Å². The van der Waals surface area contributed by atoms with Crippen LogP contribution in [0.1, 0.15) is 29.1 Å². The quantitative estimate of drug-likeness (QED) is 0.747. The van der Waals surface area contributed by atoms with Crippen LogP contribution in [0.4, 0.5) is 0 Å². The minimum Gasteiger partial charge on any atom is -0.481 e. The average molecular weight is 346 g/mol. The fourth-order valence-corrected chi connectivity index (χ4v) is 2.33. The summed E-state index contributed by atoms with van der Waals surface area (Å²) < 4.78 is 4.95. The fraction of sp³-hybridized carbons (Fsp3) is 0.412. The van der Waals surface area contributed by atoms with Crippen LogP contribution in [0.15, 0.2) is 28.8 Å². The second-order valence-corrected chi connectivity index (χ2v) is 6.08. The number of nitrogens with one attached hydrogen (secondary N) is 1. The van der Waals surface area contributed by atoms with Gasteiger partial charge in [0.2, 0.25) is 11.7 Å². The van der Waals surface area contributed by atoms with Gasteiger partial charge in [-0.05, 0) is 39.2 Å². The predicted octanol–water partition coefficient (Wildman–Crippen LogP) is 1.57. The molecule has 1 unspecified atom stereocenters. The highest BCUT2D eigenvalue weighted by molar-refractivity contribution is 5.95. The van der Waals surface area contributed by atoms with E-state index in [-0.39, 0.29) is 12.3 Å². The second-order valence-electron chi connectivity index (χ2n) is 6.08. The predicted molar refractivity (Wildman–Crippen MR) is 91.1 cm³/mol. The number of benzene rings is 1. The molecule has 0 spiro atoms. The maximum Gasteiger partial charge on any atom is 0.305 e. The summed E-state index contributed by atoms with van der Waals surface area (Å²) in [5.74, 6) is -0.427. The number of carbonyl (C=O) groups is 2. The standard InChI is InChI=1S/C17H22N4O4/c1-11-18-16(20-25-11)12-5-4-6-13(9-12)17(24)19-14(10-15(22)23)7-8-21(2)3/h4-6,9,14H,7-8,10H2,1-3H3,(H,19,24)(H,22,23). The molecule has 0 aliphatic heterocycles. The summed E-state index contributed by atoms with van der Waals surface area (Å²) in [7, 11) is 3.80. The summed E-state index contributed by atoms with van der Waals surface area (Å²) in [5, 5.41) is 15.7. The van der Waals surface area contributed by atoms with Gasteiger partial charge < -0.3 is 19.8 Å². The molecule has 0 radical (unpaired) electrons. The molecule has 1 aromatic carbocycles. The van der Waals surface area contributed by atoms with Gasteiger partial charge in [-0.15, -0.1) is 0 Å². The zero-order chi connectivity index (χ0) is 18.4. The minimum absolute atomic E-state index is 0.122. The molecular weight excluding hydrogens is 324 g/mol. The Morgan fingerprint density at radius 2 is 2.12 bits per heavy atom. The molecule has 25 heavy (non-hydrogen) atoms. The molecule has 0 bridgehead atoms. The van der Waals surface area contributed by atoms with Crippen LogP contribution in [0.3, 0.4) is 0 Å². The normalized spacial score (nSPS) is 12.2. The molecule has 1 amide bonds. The van der Waals surface area contributed by atoms with Gasteiger partial charge >= 0.3 is 5.97 Å². The molecule has 0 aliphatic rings. The maximum absolute atomic E-state index is 12.5. The first kappa shape index (κ1) is 18.6. The van der Waals surface area contributed by atoms with Crippen LogP contribution in [0, 0.1) is 6.92 Å². The van der Waals surface area contributed by atoms with Gasteiger partial charge in [0.15, 0.2) is 0 Å². The summed E-state index contributed by atoms with van der Waals surface area (Å²) in [6, 6.07) is 6.38. The third-order valence-corrected chi connectivity index (χ3v) is 3.59. The van der Waals surface area contributed by atoms with Crippen molar-refractivity contribution in [1.82, 2.24) is 20.4 Å². The number of aromatic nitrogens is 2. The molecule has 0 fully saturated rings. The van der Waals surface area contributed by atoms with Gasteiger partial charge in [-0.25, -0.2) is 0 Å². The summed E-state index contributed by atoms with van der Waals surface area (Å²) in [6.07, 6.45) is 0.429. The first-order valence-corrected chi connectivity index (χ1v) is 7.93. The van der Waals surface area contributed by atoms with Crippen molar-refractivity contribution < 1.29 is 19.2 Å². The topological polar surface area (TPSA) is 109 Å². The number of carbonyl (C=O) groups excluding carboxylic acids is 1. The molecule has 0 saturated carbocycles. The second kappa shape index (κ2) is 8.39. The lowest BCUT2D eigenvalue weighted by molar-refractivity contribution is -0.137. The summed E-state index contributed by atoms with van der Waals surface area (Å²) in [4.78, 5) is 29.6. The molecular formula is C17H22N4O4. The van der Waals surface area contributed by atoms with E-state index >= 15 is 0 Å². The Morgan fingerprint density at radius 1 is 1.36 bits per heavy atom. The molecule has 1 heterocycles. The number of aryl methyl sites for hydroxylation is 1. The Morgan fingerprint density at radius 3 is 2.72 bits per heavy atom.